The van der Waals surface area contributed by atoms with Crippen molar-refractivity contribution < 1.29 is 4.79 Å². The number of hydrogen-bond acceptors (Lipinski definition) is 6. The van der Waals surface area contributed by atoms with E-state index in [0.717, 1.165) is 15.0 Å². The van der Waals surface area contributed by atoms with Crippen molar-refractivity contribution in [2.45, 2.75) is 39.9 Å². The Bertz CT molecular complexity index is 1190. The van der Waals surface area contributed by atoms with Crippen LogP contribution >= 0.6 is 11.3 Å². The summed E-state index contributed by atoms with van der Waals surface area (Å²) in [7, 11) is 1.37. The number of nitrogens with zero attached hydrogens (tertiary/aromatic N) is 3. The fourth-order valence-corrected chi connectivity index (χ4v) is 4.34. The van der Waals surface area contributed by atoms with Crippen LogP contribution in [0.15, 0.2) is 52.1 Å². The Morgan fingerprint density at radius 1 is 1.13 bits per heavy atom. The maximum absolute atomic E-state index is 13.2. The van der Waals surface area contributed by atoms with E-state index >= 15 is 0 Å². The molecule has 3 aromatic rings. The van der Waals surface area contributed by atoms with Gasteiger partial charge in [-0.1, -0.05) is 30.3 Å². The summed E-state index contributed by atoms with van der Waals surface area (Å²) in [5.41, 5.74) is 5.74. The topological polar surface area (TPSA) is 90.3 Å². The van der Waals surface area contributed by atoms with Gasteiger partial charge in [0, 0.05) is 29.4 Å². The van der Waals surface area contributed by atoms with E-state index in [1.807, 2.05) is 68.1 Å². The number of ketones is 1. The number of Topliss-reactive ketones (excluding diaryl/α,β-unsaturated/α-hetero) is 1. The molecule has 0 aliphatic rings. The van der Waals surface area contributed by atoms with Crippen LogP contribution < -0.4 is 17.0 Å². The van der Waals surface area contributed by atoms with Gasteiger partial charge in [-0.05, 0) is 38.5 Å². The van der Waals surface area contributed by atoms with Gasteiger partial charge in [0.1, 0.15) is 11.4 Å². The van der Waals surface area contributed by atoms with Crippen molar-refractivity contribution >= 4 is 22.9 Å². The van der Waals surface area contributed by atoms with Crippen LogP contribution in [-0.2, 0) is 20.1 Å². The first kappa shape index (κ1) is 22.7. The molecular weight excluding hydrogens is 412 g/mol. The molecule has 1 aromatic carbocycles. The maximum Gasteiger partial charge on any atom is 0.332 e. The summed E-state index contributed by atoms with van der Waals surface area (Å²) in [5.74, 6) is -0.473. The summed E-state index contributed by atoms with van der Waals surface area (Å²) in [5, 5.41) is 0. The van der Waals surface area contributed by atoms with Gasteiger partial charge in [-0.2, -0.15) is 0 Å². The van der Waals surface area contributed by atoms with Crippen LogP contribution in [0, 0.1) is 6.92 Å². The molecule has 8 heteroatoms. The Morgan fingerprint density at radius 2 is 1.81 bits per heavy atom. The van der Waals surface area contributed by atoms with Crippen molar-refractivity contribution in [3.05, 3.63) is 84.2 Å². The Kier molecular flexibility index (Phi) is 6.92. The number of carbonyl (C=O) groups excluding carboxylic acids is 1. The summed E-state index contributed by atoms with van der Waals surface area (Å²) < 4.78 is 2.24. The first-order chi connectivity index (χ1) is 14.7. The minimum absolute atomic E-state index is 0.0393. The Morgan fingerprint density at radius 3 is 2.39 bits per heavy atom. The summed E-state index contributed by atoms with van der Waals surface area (Å²) in [6.07, 6.45) is 0. The predicted octanol–water partition coefficient (Wildman–Crippen LogP) is 2.64. The molecule has 3 rings (SSSR count). The second-order valence-electron chi connectivity index (χ2n) is 7.91. The van der Waals surface area contributed by atoms with Gasteiger partial charge in [0.15, 0.2) is 5.78 Å². The molecule has 0 amide bonds. The average molecular weight is 441 g/mol. The molecule has 0 aliphatic heterocycles. The van der Waals surface area contributed by atoms with Crippen LogP contribution in [0.25, 0.3) is 0 Å². The van der Waals surface area contributed by atoms with Crippen molar-refractivity contribution in [2.75, 3.05) is 12.3 Å². The molecule has 0 bridgehead atoms. The summed E-state index contributed by atoms with van der Waals surface area (Å²) >= 11 is 1.68. The van der Waals surface area contributed by atoms with E-state index in [-0.39, 0.29) is 36.3 Å². The number of nitrogens with two attached hydrogens (primary N) is 1. The smallest absolute Gasteiger partial charge is 0.332 e. The molecule has 0 saturated heterocycles. The molecule has 0 spiro atoms. The van der Waals surface area contributed by atoms with Gasteiger partial charge < -0.3 is 5.73 Å². The molecule has 0 atom stereocenters. The van der Waals surface area contributed by atoms with Gasteiger partial charge in [0.2, 0.25) is 0 Å². The van der Waals surface area contributed by atoms with E-state index in [1.165, 1.54) is 16.5 Å². The van der Waals surface area contributed by atoms with Crippen molar-refractivity contribution in [2.24, 2.45) is 7.05 Å². The van der Waals surface area contributed by atoms with Crippen molar-refractivity contribution in [1.82, 2.24) is 14.0 Å². The van der Waals surface area contributed by atoms with Crippen LogP contribution in [0.2, 0.25) is 0 Å². The highest BCUT2D eigenvalue weighted by Gasteiger charge is 2.24. The molecule has 7 nitrogen and oxygen atoms in total. The lowest BCUT2D eigenvalue weighted by Gasteiger charge is -2.25. The third kappa shape index (κ3) is 5.03. The van der Waals surface area contributed by atoms with Gasteiger partial charge in [-0.3, -0.25) is 23.6 Å². The number of nitrogen functional groups attached to an aromatic ring is 1. The molecule has 2 heterocycles. The van der Waals surface area contributed by atoms with E-state index in [1.54, 1.807) is 11.3 Å². The van der Waals surface area contributed by atoms with Gasteiger partial charge in [-0.15, -0.1) is 11.3 Å². The fraction of sp³-hybridized carbons (Fsp3) is 0.348. The fourth-order valence-electron chi connectivity index (χ4n) is 3.42. The zero-order valence-corrected chi connectivity index (χ0v) is 19.1. The minimum atomic E-state index is -0.660. The lowest BCUT2D eigenvalue weighted by molar-refractivity contribution is 0.0897. The molecule has 0 aliphatic carbocycles. The SMILES string of the molecule is Cc1ccc(CN(CC(=O)c2c(N)n(Cc3ccccc3)c(=O)n(C)c2=O)C(C)C)s1. The molecule has 0 fully saturated rings. The van der Waals surface area contributed by atoms with E-state index in [2.05, 4.69) is 0 Å². The molecule has 0 radical (unpaired) electrons. The Labute approximate surface area is 185 Å². The van der Waals surface area contributed by atoms with Gasteiger partial charge in [-0.25, -0.2) is 4.79 Å². The number of benzene rings is 1. The van der Waals surface area contributed by atoms with E-state index in [9.17, 15) is 14.4 Å². The van der Waals surface area contributed by atoms with Crippen LogP contribution in [0.4, 0.5) is 5.82 Å². The summed E-state index contributed by atoms with van der Waals surface area (Å²) in [6, 6.07) is 13.5. The largest absolute Gasteiger partial charge is 0.384 e. The zero-order chi connectivity index (χ0) is 22.7. The standard InChI is InChI=1S/C23H28N4O3S/c1-15(2)26(13-18-11-10-16(3)31-18)14-19(28)20-21(24)27(23(30)25(4)22(20)29)12-17-8-6-5-7-9-17/h5-11,15H,12-14,24H2,1-4H3. The van der Waals surface area contributed by atoms with E-state index in [4.69, 9.17) is 5.73 Å². The van der Waals surface area contributed by atoms with Crippen molar-refractivity contribution in [3.63, 3.8) is 0 Å². The Balaban J connectivity index is 1.95. The molecule has 0 saturated carbocycles. The summed E-state index contributed by atoms with van der Waals surface area (Å²) in [4.78, 5) is 43.1. The molecule has 164 valence electrons. The number of aryl methyl sites for hydroxylation is 1. The van der Waals surface area contributed by atoms with Crippen LogP contribution in [0.5, 0.6) is 0 Å². The number of carbonyl (C=O) groups is 1. The monoisotopic (exact) mass is 440 g/mol. The van der Waals surface area contributed by atoms with Crippen LogP contribution in [0.3, 0.4) is 0 Å². The second-order valence-corrected chi connectivity index (χ2v) is 9.29. The average Bonchev–Trinajstić information content (AvgIpc) is 3.14. The third-order valence-corrected chi connectivity index (χ3v) is 6.26. The third-order valence-electron chi connectivity index (χ3n) is 5.28. The normalized spacial score (nSPS) is 11.4. The van der Waals surface area contributed by atoms with E-state index in [0.29, 0.717) is 6.54 Å². The minimum Gasteiger partial charge on any atom is -0.384 e. The van der Waals surface area contributed by atoms with Crippen LogP contribution in [0.1, 0.15) is 39.5 Å². The van der Waals surface area contributed by atoms with Gasteiger partial charge in [0.05, 0.1) is 13.1 Å². The van der Waals surface area contributed by atoms with Crippen molar-refractivity contribution in [1.29, 1.82) is 0 Å². The quantitative estimate of drug-likeness (QED) is 0.544. The predicted molar refractivity (Wildman–Crippen MR) is 125 cm³/mol. The highest BCUT2D eigenvalue weighted by atomic mass is 32.1. The number of hydrogen-bond donors (Lipinski definition) is 1. The highest BCUT2D eigenvalue weighted by molar-refractivity contribution is 7.11. The number of thiophene rings is 1. The molecule has 0 unspecified atom stereocenters. The number of rotatable bonds is 8. The molecular formula is C23H28N4O3S. The van der Waals surface area contributed by atoms with E-state index < -0.39 is 11.2 Å². The van der Waals surface area contributed by atoms with Gasteiger partial charge >= 0.3 is 5.69 Å². The highest BCUT2D eigenvalue weighted by Crippen LogP contribution is 2.19. The summed E-state index contributed by atoms with van der Waals surface area (Å²) in [6.45, 7) is 6.88. The number of aromatic nitrogens is 2. The molecule has 2 N–H and O–H groups in total. The second kappa shape index (κ2) is 9.45. The zero-order valence-electron chi connectivity index (χ0n) is 18.3. The maximum atomic E-state index is 13.2. The van der Waals surface area contributed by atoms with Crippen LogP contribution in [-0.4, -0.2) is 32.4 Å². The molecule has 31 heavy (non-hydrogen) atoms. The first-order valence-electron chi connectivity index (χ1n) is 10.1. The number of anilines is 1. The first-order valence-corrected chi connectivity index (χ1v) is 11.0. The Hall–Kier alpha value is -2.97. The lowest BCUT2D eigenvalue weighted by Crippen LogP contribution is -2.44. The van der Waals surface area contributed by atoms with Gasteiger partial charge in [0.25, 0.3) is 5.56 Å². The molecule has 2 aromatic heterocycles. The van der Waals surface area contributed by atoms with Crippen molar-refractivity contribution in [3.8, 4) is 0 Å². The lowest BCUT2D eigenvalue weighted by atomic mass is 10.1.